The molecule has 0 aliphatic heterocycles. The molecule has 0 N–H and O–H groups in total. The van der Waals surface area contributed by atoms with Gasteiger partial charge < -0.3 is 9.30 Å². The number of rotatable bonds is 8. The van der Waals surface area contributed by atoms with Gasteiger partial charge in [-0.15, -0.1) is 0 Å². The first-order valence-corrected chi connectivity index (χ1v) is 11.7. The third-order valence-electron chi connectivity index (χ3n) is 5.17. The molecule has 33 heavy (non-hydrogen) atoms. The first kappa shape index (κ1) is 22.7. The standard InChI is InChI=1S/C25H22FNO5S/c1-18-2-10-23(11-3-18)33(29,30)32-15-14-27-13-12-20-6-7-21(16-24(20)27)25(28)31-17-19-4-8-22(26)9-5-19/h2-13,16H,14-15,17H2,1H3. The van der Waals surface area contributed by atoms with E-state index in [1.165, 1.54) is 24.3 Å². The highest BCUT2D eigenvalue weighted by Gasteiger charge is 2.15. The smallest absolute Gasteiger partial charge is 0.338 e. The van der Waals surface area contributed by atoms with Crippen molar-refractivity contribution in [1.82, 2.24) is 4.57 Å². The van der Waals surface area contributed by atoms with Crippen molar-refractivity contribution in [2.24, 2.45) is 0 Å². The summed E-state index contributed by atoms with van der Waals surface area (Å²) in [6.45, 7) is 2.13. The van der Waals surface area contributed by atoms with Crippen molar-refractivity contribution in [2.75, 3.05) is 6.61 Å². The van der Waals surface area contributed by atoms with Gasteiger partial charge >= 0.3 is 5.97 Å². The van der Waals surface area contributed by atoms with E-state index in [4.69, 9.17) is 8.92 Å². The Balaban J connectivity index is 1.41. The van der Waals surface area contributed by atoms with Crippen LogP contribution in [0.25, 0.3) is 10.9 Å². The molecule has 0 fully saturated rings. The van der Waals surface area contributed by atoms with E-state index in [0.717, 1.165) is 16.5 Å². The highest BCUT2D eigenvalue weighted by atomic mass is 32.2. The molecule has 8 heteroatoms. The number of carbonyl (C=O) groups excluding carboxylic acids is 1. The second kappa shape index (κ2) is 9.56. The number of hydrogen-bond acceptors (Lipinski definition) is 5. The van der Waals surface area contributed by atoms with Gasteiger partial charge in [-0.25, -0.2) is 9.18 Å². The van der Waals surface area contributed by atoms with Crippen LogP contribution >= 0.6 is 0 Å². The van der Waals surface area contributed by atoms with Crippen LogP contribution < -0.4 is 0 Å². The van der Waals surface area contributed by atoms with Gasteiger partial charge in [0.15, 0.2) is 0 Å². The van der Waals surface area contributed by atoms with Crippen molar-refractivity contribution >= 4 is 27.0 Å². The number of nitrogens with zero attached hydrogens (tertiary/aromatic N) is 1. The first-order valence-electron chi connectivity index (χ1n) is 10.3. The van der Waals surface area contributed by atoms with Gasteiger partial charge in [0.05, 0.1) is 17.1 Å². The average molecular weight is 468 g/mol. The Morgan fingerprint density at radius 1 is 0.970 bits per heavy atom. The Bertz CT molecular complexity index is 1380. The summed E-state index contributed by atoms with van der Waals surface area (Å²) < 4.78 is 50.1. The van der Waals surface area contributed by atoms with Gasteiger partial charge in [-0.1, -0.05) is 35.9 Å². The number of halogens is 1. The van der Waals surface area contributed by atoms with Gasteiger partial charge in [0.25, 0.3) is 10.1 Å². The molecule has 0 amide bonds. The molecule has 0 bridgehead atoms. The Hall–Kier alpha value is -3.49. The largest absolute Gasteiger partial charge is 0.457 e. The SMILES string of the molecule is Cc1ccc(S(=O)(=O)OCCn2ccc3ccc(C(=O)OCc4ccc(F)cc4)cc32)cc1. The zero-order chi connectivity index (χ0) is 23.4. The van der Waals surface area contributed by atoms with Crippen LogP contribution in [0.2, 0.25) is 0 Å². The van der Waals surface area contributed by atoms with Gasteiger partial charge in [-0.05, 0) is 60.3 Å². The molecule has 1 heterocycles. The highest BCUT2D eigenvalue weighted by Crippen LogP contribution is 2.20. The molecule has 0 saturated heterocycles. The minimum absolute atomic E-state index is 0.0306. The van der Waals surface area contributed by atoms with E-state index >= 15 is 0 Å². The van der Waals surface area contributed by atoms with Crippen molar-refractivity contribution in [3.63, 3.8) is 0 Å². The summed E-state index contributed by atoms with van der Waals surface area (Å²) in [5, 5.41) is 0.895. The minimum atomic E-state index is -3.85. The van der Waals surface area contributed by atoms with Crippen molar-refractivity contribution < 1.29 is 26.5 Å². The predicted molar refractivity (Wildman–Crippen MR) is 122 cm³/mol. The molecule has 0 saturated carbocycles. The number of ether oxygens (including phenoxy) is 1. The maximum Gasteiger partial charge on any atom is 0.338 e. The topological polar surface area (TPSA) is 74.6 Å². The Morgan fingerprint density at radius 3 is 2.42 bits per heavy atom. The number of esters is 1. The lowest BCUT2D eigenvalue weighted by molar-refractivity contribution is 0.0473. The van der Waals surface area contributed by atoms with E-state index in [0.29, 0.717) is 11.1 Å². The summed E-state index contributed by atoms with van der Waals surface area (Å²) in [5.41, 5.74) is 2.75. The fraction of sp³-hybridized carbons (Fsp3) is 0.160. The fourth-order valence-electron chi connectivity index (χ4n) is 3.34. The molecule has 1 aromatic heterocycles. The van der Waals surface area contributed by atoms with E-state index < -0.39 is 16.1 Å². The van der Waals surface area contributed by atoms with Crippen molar-refractivity contribution in [1.29, 1.82) is 0 Å². The van der Waals surface area contributed by atoms with Crippen molar-refractivity contribution in [2.45, 2.75) is 25.0 Å². The lowest BCUT2D eigenvalue weighted by Crippen LogP contribution is -2.12. The molecular formula is C25H22FNO5S. The van der Waals surface area contributed by atoms with E-state index in [-0.39, 0.29) is 30.5 Å². The van der Waals surface area contributed by atoms with Crippen LogP contribution in [0.15, 0.2) is 83.9 Å². The molecule has 3 aromatic carbocycles. The predicted octanol–water partition coefficient (Wildman–Crippen LogP) is 4.85. The zero-order valence-electron chi connectivity index (χ0n) is 17.9. The third-order valence-corrected chi connectivity index (χ3v) is 6.50. The van der Waals surface area contributed by atoms with E-state index in [9.17, 15) is 17.6 Å². The van der Waals surface area contributed by atoms with Gasteiger partial charge in [0, 0.05) is 18.3 Å². The molecule has 0 spiro atoms. The lowest BCUT2D eigenvalue weighted by atomic mass is 10.1. The second-order valence-electron chi connectivity index (χ2n) is 7.57. The molecular weight excluding hydrogens is 445 g/mol. The molecule has 0 unspecified atom stereocenters. The monoisotopic (exact) mass is 467 g/mol. The average Bonchev–Trinajstić information content (AvgIpc) is 3.21. The van der Waals surface area contributed by atoms with Crippen molar-refractivity contribution in [3.8, 4) is 0 Å². The van der Waals surface area contributed by atoms with Crippen LogP contribution in [0.4, 0.5) is 4.39 Å². The molecule has 0 aliphatic carbocycles. The highest BCUT2D eigenvalue weighted by molar-refractivity contribution is 7.86. The summed E-state index contributed by atoms with van der Waals surface area (Å²) in [6, 6.07) is 19.2. The zero-order valence-corrected chi connectivity index (χ0v) is 18.7. The fourth-order valence-corrected chi connectivity index (χ4v) is 4.24. The second-order valence-corrected chi connectivity index (χ2v) is 9.19. The van der Waals surface area contributed by atoms with Crippen LogP contribution in [-0.4, -0.2) is 25.6 Å². The van der Waals surface area contributed by atoms with E-state index in [2.05, 4.69) is 0 Å². The quantitative estimate of drug-likeness (QED) is 0.274. The molecule has 6 nitrogen and oxygen atoms in total. The van der Waals surface area contributed by atoms with Crippen LogP contribution in [0, 0.1) is 12.7 Å². The van der Waals surface area contributed by atoms with Crippen LogP contribution in [-0.2, 0) is 32.2 Å². The number of hydrogen-bond donors (Lipinski definition) is 0. The van der Waals surface area contributed by atoms with Crippen LogP contribution in [0.5, 0.6) is 0 Å². The van der Waals surface area contributed by atoms with Crippen molar-refractivity contribution in [3.05, 3.63) is 102 Å². The summed E-state index contributed by atoms with van der Waals surface area (Å²) in [5.74, 6) is -0.862. The lowest BCUT2D eigenvalue weighted by Gasteiger charge is -2.09. The number of carbonyl (C=O) groups is 1. The number of aryl methyl sites for hydroxylation is 1. The third kappa shape index (κ3) is 5.47. The Morgan fingerprint density at radius 2 is 1.70 bits per heavy atom. The van der Waals surface area contributed by atoms with Crippen LogP contribution in [0.1, 0.15) is 21.5 Å². The maximum atomic E-state index is 13.0. The van der Waals surface area contributed by atoms with Gasteiger partial charge in [0.1, 0.15) is 12.4 Å². The summed E-state index contributed by atoms with van der Waals surface area (Å²) in [4.78, 5) is 12.6. The van der Waals surface area contributed by atoms with E-state index in [1.807, 2.05) is 17.6 Å². The minimum Gasteiger partial charge on any atom is -0.457 e. The number of benzene rings is 3. The molecule has 170 valence electrons. The number of fused-ring (bicyclic) bond motifs is 1. The van der Waals surface area contributed by atoms with Gasteiger partial charge in [0.2, 0.25) is 0 Å². The van der Waals surface area contributed by atoms with Gasteiger partial charge in [-0.3, -0.25) is 4.18 Å². The molecule has 0 aliphatic rings. The summed E-state index contributed by atoms with van der Waals surface area (Å²) in [6.07, 6.45) is 1.81. The normalized spacial score (nSPS) is 11.6. The first-order chi connectivity index (χ1) is 15.8. The molecule has 0 radical (unpaired) electrons. The van der Waals surface area contributed by atoms with Gasteiger partial charge in [-0.2, -0.15) is 8.42 Å². The number of aromatic nitrogens is 1. The summed E-state index contributed by atoms with van der Waals surface area (Å²) in [7, 11) is -3.85. The maximum absolute atomic E-state index is 13.0. The molecule has 4 rings (SSSR count). The Labute approximate surface area is 191 Å². The van der Waals surface area contributed by atoms with E-state index in [1.54, 1.807) is 48.7 Å². The molecule has 0 atom stereocenters. The summed E-state index contributed by atoms with van der Waals surface area (Å²) >= 11 is 0. The van der Waals surface area contributed by atoms with Crippen LogP contribution in [0.3, 0.4) is 0 Å². The Kier molecular flexibility index (Phi) is 6.57. The molecule has 4 aromatic rings.